The quantitative estimate of drug-likeness (QED) is 0.453. The van der Waals surface area contributed by atoms with E-state index in [1.807, 2.05) is 6.08 Å². The second-order valence-corrected chi connectivity index (χ2v) is 8.89. The van der Waals surface area contributed by atoms with Crippen LogP contribution in [0.3, 0.4) is 0 Å². The summed E-state index contributed by atoms with van der Waals surface area (Å²) in [6.45, 7) is 6.26. The first kappa shape index (κ1) is 18.2. The fraction of sp³-hybridized carbons (Fsp3) is 0.571. The topological polar surface area (TPSA) is 49.9 Å². The summed E-state index contributed by atoms with van der Waals surface area (Å²) in [5, 5.41) is 3.68. The Labute approximate surface area is 164 Å². The highest BCUT2D eigenvalue weighted by Crippen LogP contribution is 2.54. The molecule has 26 heavy (non-hydrogen) atoms. The van der Waals surface area contributed by atoms with Gasteiger partial charge in [0.1, 0.15) is 5.82 Å². The van der Waals surface area contributed by atoms with Crippen molar-refractivity contribution in [3.8, 4) is 0 Å². The number of H-pyrrole nitrogens is 1. The Hall–Kier alpha value is -1.17. The van der Waals surface area contributed by atoms with Crippen molar-refractivity contribution in [3.05, 3.63) is 46.5 Å². The number of allylic oxidation sites excluding steroid dienone is 5. The first-order valence-electron chi connectivity index (χ1n) is 9.75. The normalized spacial score (nSPS) is 23.8. The van der Waals surface area contributed by atoms with Crippen molar-refractivity contribution < 1.29 is 4.74 Å². The van der Waals surface area contributed by atoms with Crippen LogP contribution in [0.25, 0.3) is 5.57 Å². The SMILES string of the molecule is C=CCCCOCc1[nH]c(C2CC3(CC3)CN2)nc1C1=CC=C(Br)CC1. The zero-order chi connectivity index (χ0) is 18.0. The van der Waals surface area contributed by atoms with E-state index in [1.54, 1.807) is 0 Å². The number of aromatic amines is 1. The van der Waals surface area contributed by atoms with Crippen molar-refractivity contribution in [1.82, 2.24) is 15.3 Å². The van der Waals surface area contributed by atoms with E-state index in [-0.39, 0.29) is 0 Å². The predicted molar refractivity (Wildman–Crippen MR) is 109 cm³/mol. The van der Waals surface area contributed by atoms with Crippen LogP contribution >= 0.6 is 15.9 Å². The van der Waals surface area contributed by atoms with Crippen LogP contribution in [0.2, 0.25) is 0 Å². The van der Waals surface area contributed by atoms with Gasteiger partial charge in [0.05, 0.1) is 24.0 Å². The molecule has 0 aromatic carbocycles. The summed E-state index contributed by atoms with van der Waals surface area (Å²) >= 11 is 3.60. The molecule has 3 aliphatic rings. The molecule has 5 heteroatoms. The Balaban J connectivity index is 1.51. The molecule has 1 aromatic heterocycles. The summed E-state index contributed by atoms with van der Waals surface area (Å²) in [5.74, 6) is 1.09. The Morgan fingerprint density at radius 3 is 2.92 bits per heavy atom. The minimum absolute atomic E-state index is 0.359. The van der Waals surface area contributed by atoms with E-state index in [0.717, 1.165) is 56.0 Å². The maximum absolute atomic E-state index is 5.91. The van der Waals surface area contributed by atoms with Gasteiger partial charge >= 0.3 is 0 Å². The molecular formula is C21H28BrN3O. The number of nitrogens with zero attached hydrogens (tertiary/aromatic N) is 1. The lowest BCUT2D eigenvalue weighted by Gasteiger charge is -2.11. The highest BCUT2D eigenvalue weighted by atomic mass is 79.9. The molecule has 1 unspecified atom stereocenters. The average molecular weight is 418 g/mol. The molecule has 4 nitrogen and oxygen atoms in total. The first-order valence-corrected chi connectivity index (χ1v) is 10.5. The number of ether oxygens (including phenoxy) is 1. The summed E-state index contributed by atoms with van der Waals surface area (Å²) in [4.78, 5) is 8.62. The molecule has 2 heterocycles. The molecule has 4 rings (SSSR count). The molecule has 1 aliphatic heterocycles. The van der Waals surface area contributed by atoms with Gasteiger partial charge in [-0.3, -0.25) is 0 Å². The zero-order valence-electron chi connectivity index (χ0n) is 15.3. The largest absolute Gasteiger partial charge is 0.375 e. The summed E-state index contributed by atoms with van der Waals surface area (Å²) in [7, 11) is 0. The van der Waals surface area contributed by atoms with Crippen LogP contribution in [-0.4, -0.2) is 23.1 Å². The number of nitrogens with one attached hydrogen (secondary N) is 2. The molecule has 1 aromatic rings. The van der Waals surface area contributed by atoms with Gasteiger partial charge in [-0.05, 0) is 60.4 Å². The number of hydrogen-bond donors (Lipinski definition) is 2. The molecule has 140 valence electrons. The summed E-state index contributed by atoms with van der Waals surface area (Å²) in [6.07, 6.45) is 14.3. The number of halogens is 1. The Morgan fingerprint density at radius 1 is 1.35 bits per heavy atom. The molecule has 0 radical (unpaired) electrons. The highest BCUT2D eigenvalue weighted by Gasteiger charge is 2.49. The van der Waals surface area contributed by atoms with Crippen molar-refractivity contribution in [1.29, 1.82) is 0 Å². The Morgan fingerprint density at radius 2 is 2.23 bits per heavy atom. The maximum Gasteiger partial charge on any atom is 0.124 e. The van der Waals surface area contributed by atoms with Crippen LogP contribution in [0.5, 0.6) is 0 Å². The minimum atomic E-state index is 0.359. The van der Waals surface area contributed by atoms with E-state index in [0.29, 0.717) is 18.1 Å². The third kappa shape index (κ3) is 4.05. The third-order valence-corrected chi connectivity index (χ3v) is 6.45. The molecule has 1 atom stereocenters. The van der Waals surface area contributed by atoms with Gasteiger partial charge in [0.25, 0.3) is 0 Å². The molecule has 0 bridgehead atoms. The summed E-state index contributed by atoms with van der Waals surface area (Å²) in [6, 6.07) is 0.359. The van der Waals surface area contributed by atoms with E-state index in [4.69, 9.17) is 9.72 Å². The molecule has 1 spiro atoms. The summed E-state index contributed by atoms with van der Waals surface area (Å²) < 4.78 is 7.17. The first-order chi connectivity index (χ1) is 12.7. The maximum atomic E-state index is 5.91. The lowest BCUT2D eigenvalue weighted by Crippen LogP contribution is -2.15. The molecule has 2 N–H and O–H groups in total. The molecule has 1 saturated carbocycles. The van der Waals surface area contributed by atoms with E-state index in [2.05, 4.69) is 45.0 Å². The van der Waals surface area contributed by atoms with E-state index in [9.17, 15) is 0 Å². The van der Waals surface area contributed by atoms with Crippen molar-refractivity contribution in [3.63, 3.8) is 0 Å². The van der Waals surface area contributed by atoms with Gasteiger partial charge in [-0.2, -0.15) is 0 Å². The van der Waals surface area contributed by atoms with Gasteiger partial charge < -0.3 is 15.0 Å². The van der Waals surface area contributed by atoms with Crippen molar-refractivity contribution in [2.45, 2.75) is 57.6 Å². The van der Waals surface area contributed by atoms with E-state index < -0.39 is 0 Å². The van der Waals surface area contributed by atoms with Crippen LogP contribution in [0, 0.1) is 5.41 Å². The fourth-order valence-corrected chi connectivity index (χ4v) is 4.28. The number of aromatic nitrogens is 2. The van der Waals surface area contributed by atoms with E-state index in [1.165, 1.54) is 29.3 Å². The van der Waals surface area contributed by atoms with Gasteiger partial charge in [0.2, 0.25) is 0 Å². The van der Waals surface area contributed by atoms with Crippen molar-refractivity contribution in [2.75, 3.05) is 13.2 Å². The van der Waals surface area contributed by atoms with Gasteiger partial charge in [-0.25, -0.2) is 4.98 Å². The molecular weight excluding hydrogens is 390 g/mol. The van der Waals surface area contributed by atoms with Crippen LogP contribution in [-0.2, 0) is 11.3 Å². The number of rotatable bonds is 8. The molecule has 2 fully saturated rings. The monoisotopic (exact) mass is 417 g/mol. The van der Waals surface area contributed by atoms with Crippen LogP contribution < -0.4 is 5.32 Å². The predicted octanol–water partition coefficient (Wildman–Crippen LogP) is 5.16. The lowest BCUT2D eigenvalue weighted by atomic mass is 10.0. The third-order valence-electron chi connectivity index (χ3n) is 5.79. The number of imidazole rings is 1. The number of unbranched alkanes of at least 4 members (excludes halogenated alkanes) is 1. The lowest BCUT2D eigenvalue weighted by molar-refractivity contribution is 0.116. The highest BCUT2D eigenvalue weighted by molar-refractivity contribution is 9.11. The smallest absolute Gasteiger partial charge is 0.124 e. The molecule has 0 amide bonds. The van der Waals surface area contributed by atoms with Crippen LogP contribution in [0.1, 0.15) is 68.2 Å². The Kier molecular flexibility index (Phi) is 5.48. The minimum Gasteiger partial charge on any atom is -0.375 e. The van der Waals surface area contributed by atoms with E-state index >= 15 is 0 Å². The zero-order valence-corrected chi connectivity index (χ0v) is 16.9. The summed E-state index contributed by atoms with van der Waals surface area (Å²) in [5.41, 5.74) is 4.09. The van der Waals surface area contributed by atoms with Gasteiger partial charge in [-0.1, -0.05) is 34.2 Å². The van der Waals surface area contributed by atoms with Crippen LogP contribution in [0.15, 0.2) is 29.3 Å². The standard InChI is InChI=1S/C21H28BrN3O/c1-2-3-4-11-26-13-18-19(15-5-7-16(22)8-6-15)25-20(24-18)17-12-21(9-10-21)14-23-17/h2,5,7,17,23H,1,3-4,6,8-14H2,(H,24,25). The van der Waals surface area contributed by atoms with Gasteiger partial charge in [0, 0.05) is 13.2 Å². The molecule has 1 saturated heterocycles. The van der Waals surface area contributed by atoms with Crippen molar-refractivity contribution >= 4 is 21.5 Å². The van der Waals surface area contributed by atoms with Crippen LogP contribution in [0.4, 0.5) is 0 Å². The van der Waals surface area contributed by atoms with Gasteiger partial charge in [-0.15, -0.1) is 6.58 Å². The second-order valence-electron chi connectivity index (χ2n) is 7.88. The fourth-order valence-electron chi connectivity index (χ4n) is 3.95. The van der Waals surface area contributed by atoms with Gasteiger partial charge in [0.15, 0.2) is 0 Å². The van der Waals surface area contributed by atoms with Crippen molar-refractivity contribution in [2.24, 2.45) is 5.41 Å². The second kappa shape index (κ2) is 7.83. The number of hydrogen-bond acceptors (Lipinski definition) is 3. The average Bonchev–Trinajstić information content (AvgIpc) is 3.07. The Bertz CT molecular complexity index is 730. The molecule has 2 aliphatic carbocycles.